The summed E-state index contributed by atoms with van der Waals surface area (Å²) in [7, 11) is 0. The van der Waals surface area contributed by atoms with Gasteiger partial charge in [0.2, 0.25) is 0 Å². The molecule has 0 spiro atoms. The van der Waals surface area contributed by atoms with E-state index in [0.29, 0.717) is 0 Å². The number of hydrogen-bond acceptors (Lipinski definition) is 1. The second-order valence-corrected chi connectivity index (χ2v) is 14.9. The Morgan fingerprint density at radius 3 is 1.59 bits per heavy atom. The van der Waals surface area contributed by atoms with E-state index in [1.165, 1.54) is 44.3 Å². The van der Waals surface area contributed by atoms with Crippen LogP contribution in [0, 0.1) is 0 Å². The summed E-state index contributed by atoms with van der Waals surface area (Å²) in [5.74, 6) is 0. The van der Waals surface area contributed by atoms with Gasteiger partial charge in [0.1, 0.15) is 0 Å². The first-order chi connectivity index (χ1) is 18.2. The zero-order valence-electron chi connectivity index (χ0n) is 20.6. The second-order valence-electron chi connectivity index (χ2n) is 10.1. The summed E-state index contributed by atoms with van der Waals surface area (Å²) in [5.41, 5.74) is 5.36. The third-order valence-electron chi connectivity index (χ3n) is 8.22. The van der Waals surface area contributed by atoms with Crippen LogP contribution in [0.3, 0.4) is 0 Å². The number of fused-ring (bicyclic) bond motifs is 2. The minimum absolute atomic E-state index is 0.198. The molecular formula is C34H28ClOP. The van der Waals surface area contributed by atoms with E-state index in [4.69, 9.17) is 16.1 Å². The van der Waals surface area contributed by atoms with Gasteiger partial charge in [0.05, 0.1) is 0 Å². The zero-order chi connectivity index (χ0) is 24.9. The van der Waals surface area contributed by atoms with Gasteiger partial charge in [0.25, 0.3) is 0 Å². The van der Waals surface area contributed by atoms with E-state index in [1.807, 2.05) is 12.1 Å². The van der Waals surface area contributed by atoms with Gasteiger partial charge in [-0.1, -0.05) is 0 Å². The monoisotopic (exact) mass is 518 g/mol. The number of hydrogen-bond donors (Lipinski definition) is 0. The molecule has 3 heteroatoms. The van der Waals surface area contributed by atoms with Crippen molar-refractivity contribution in [2.45, 2.75) is 25.4 Å². The van der Waals surface area contributed by atoms with Gasteiger partial charge in [-0.2, -0.15) is 0 Å². The van der Waals surface area contributed by atoms with E-state index in [1.54, 1.807) is 0 Å². The third-order valence-corrected chi connectivity index (χ3v) is 14.3. The first-order valence-electron chi connectivity index (χ1n) is 13.0. The normalized spacial score (nSPS) is 19.9. The van der Waals surface area contributed by atoms with Crippen LogP contribution in [-0.4, -0.2) is 0 Å². The fourth-order valence-corrected chi connectivity index (χ4v) is 12.9. The fourth-order valence-electron chi connectivity index (χ4n) is 6.60. The zero-order valence-corrected chi connectivity index (χ0v) is 22.2. The molecule has 5 aromatic carbocycles. The molecule has 2 aliphatic rings. The van der Waals surface area contributed by atoms with E-state index < -0.39 is 6.83 Å². The van der Waals surface area contributed by atoms with Crippen molar-refractivity contribution in [1.29, 1.82) is 0 Å². The van der Waals surface area contributed by atoms with Gasteiger partial charge in [-0.15, -0.1) is 0 Å². The first-order valence-corrected chi connectivity index (χ1v) is 15.5. The summed E-state index contributed by atoms with van der Waals surface area (Å²) in [6.07, 6.45) is 3.27. The van der Waals surface area contributed by atoms with E-state index >= 15 is 0 Å². The van der Waals surface area contributed by atoms with Crippen molar-refractivity contribution in [2.75, 3.05) is 0 Å². The number of halogens is 1. The van der Waals surface area contributed by atoms with Gasteiger partial charge >= 0.3 is 224 Å². The van der Waals surface area contributed by atoms with Crippen molar-refractivity contribution in [3.05, 3.63) is 155 Å². The van der Waals surface area contributed by atoms with Crippen molar-refractivity contribution in [3.8, 4) is 0 Å². The summed E-state index contributed by atoms with van der Waals surface area (Å²) < 4.78 is 7.86. The summed E-state index contributed by atoms with van der Waals surface area (Å²) in [6.45, 7) is -3.60. The molecule has 5 aromatic rings. The van der Waals surface area contributed by atoms with Crippen LogP contribution in [0.5, 0.6) is 0 Å². The van der Waals surface area contributed by atoms with Crippen LogP contribution in [-0.2, 0) is 17.4 Å². The molecule has 0 bridgehead atoms. The van der Waals surface area contributed by atoms with Crippen molar-refractivity contribution < 1.29 is 4.52 Å². The van der Waals surface area contributed by atoms with Gasteiger partial charge in [-0.3, -0.25) is 0 Å². The molecule has 0 amide bonds. The molecule has 0 unspecified atom stereocenters. The minimum atomic E-state index is -3.60. The van der Waals surface area contributed by atoms with Crippen LogP contribution in [0.2, 0.25) is 5.02 Å². The maximum absolute atomic E-state index is 7.86. The molecule has 182 valence electrons. The quantitative estimate of drug-likeness (QED) is 0.232. The Morgan fingerprint density at radius 2 is 1.08 bits per heavy atom. The summed E-state index contributed by atoms with van der Waals surface area (Å²) in [5, 5.41) is 5.79. The molecule has 1 nitrogen and oxygen atoms in total. The van der Waals surface area contributed by atoms with E-state index in [0.717, 1.165) is 23.4 Å². The van der Waals surface area contributed by atoms with E-state index in [-0.39, 0.29) is 6.10 Å². The standard InChI is InChI=1S/C34H28ClOP/c35-28-21-19-25(20-22-28)34-32-23-26-11-10-12-27(26)24-33(32)37(36-34,29-13-4-1-5-14-29,30-15-6-2-7-16-30)31-17-8-3-9-18-31/h1-9,13-24,34H,10-12H2/t34-/m0/s1. The van der Waals surface area contributed by atoms with E-state index in [9.17, 15) is 0 Å². The number of rotatable bonds is 4. The Kier molecular flexibility index (Phi) is 5.38. The maximum atomic E-state index is 7.86. The molecule has 1 heterocycles. The molecule has 0 saturated heterocycles. The van der Waals surface area contributed by atoms with Crippen LogP contribution in [0.4, 0.5) is 0 Å². The Morgan fingerprint density at radius 1 is 0.595 bits per heavy atom. The molecule has 0 saturated carbocycles. The molecule has 0 radical (unpaired) electrons. The van der Waals surface area contributed by atoms with Crippen LogP contribution < -0.4 is 21.2 Å². The first kappa shape index (κ1) is 22.9. The van der Waals surface area contributed by atoms with Crippen LogP contribution in [0.15, 0.2) is 127 Å². The Hall–Kier alpha value is -3.22. The van der Waals surface area contributed by atoms with Crippen LogP contribution in [0.1, 0.15) is 34.8 Å². The van der Waals surface area contributed by atoms with Gasteiger partial charge in [-0.25, -0.2) is 0 Å². The van der Waals surface area contributed by atoms with Crippen LogP contribution >= 0.6 is 18.4 Å². The molecule has 0 N–H and O–H groups in total. The average molecular weight is 519 g/mol. The van der Waals surface area contributed by atoms with Crippen molar-refractivity contribution in [1.82, 2.24) is 0 Å². The fraction of sp³-hybridized carbons (Fsp3) is 0.118. The molecule has 7 rings (SSSR count). The predicted molar refractivity (Wildman–Crippen MR) is 158 cm³/mol. The molecule has 1 aliphatic heterocycles. The average Bonchev–Trinajstić information content (AvgIpc) is 3.55. The Labute approximate surface area is 223 Å². The Balaban J connectivity index is 1.68. The number of aryl methyl sites for hydroxylation is 2. The predicted octanol–water partition coefficient (Wildman–Crippen LogP) is 7.02. The molecule has 1 aliphatic carbocycles. The second kappa shape index (κ2) is 8.67. The SMILES string of the molecule is Clc1ccc([C@@H]2OP(c3ccccc3)(c3ccccc3)(c3ccccc3)c3cc4c(cc32)CCC4)cc1. The van der Waals surface area contributed by atoms with E-state index in [2.05, 4.69) is 115 Å². The summed E-state index contributed by atoms with van der Waals surface area (Å²) >= 11 is 6.33. The Bertz CT molecular complexity index is 1480. The molecule has 1 atom stereocenters. The molecule has 0 aromatic heterocycles. The van der Waals surface area contributed by atoms with Crippen LogP contribution in [0.25, 0.3) is 0 Å². The number of benzene rings is 5. The van der Waals surface area contributed by atoms with Gasteiger partial charge in [0, 0.05) is 0 Å². The van der Waals surface area contributed by atoms with Gasteiger partial charge < -0.3 is 0 Å². The van der Waals surface area contributed by atoms with Crippen molar-refractivity contribution in [3.63, 3.8) is 0 Å². The topological polar surface area (TPSA) is 9.23 Å². The molecule has 0 fully saturated rings. The summed E-state index contributed by atoms with van der Waals surface area (Å²) in [6, 6.07) is 46.1. The summed E-state index contributed by atoms with van der Waals surface area (Å²) in [4.78, 5) is 0. The molecular weight excluding hydrogens is 491 g/mol. The van der Waals surface area contributed by atoms with Crippen molar-refractivity contribution >= 4 is 39.6 Å². The van der Waals surface area contributed by atoms with Gasteiger partial charge in [-0.05, 0) is 0 Å². The molecule has 37 heavy (non-hydrogen) atoms. The van der Waals surface area contributed by atoms with Crippen molar-refractivity contribution in [2.24, 2.45) is 0 Å². The van der Waals surface area contributed by atoms with Gasteiger partial charge in [0.15, 0.2) is 0 Å². The third kappa shape index (κ3) is 3.18.